The van der Waals surface area contributed by atoms with Gasteiger partial charge in [0, 0.05) is 33.7 Å². The van der Waals surface area contributed by atoms with Crippen LogP contribution in [-0.2, 0) is 22.1 Å². The first-order valence-corrected chi connectivity index (χ1v) is 13.7. The Morgan fingerprint density at radius 1 is 0.914 bits per heavy atom. The fourth-order valence-corrected chi connectivity index (χ4v) is 7.20. The van der Waals surface area contributed by atoms with E-state index >= 15 is 0 Å². The van der Waals surface area contributed by atoms with Crippen molar-refractivity contribution in [3.8, 4) is 11.3 Å². The van der Waals surface area contributed by atoms with Gasteiger partial charge in [-0.25, -0.2) is 0 Å². The molecule has 0 saturated heterocycles. The molecule has 1 N–H and O–H groups in total. The maximum absolute atomic E-state index is 11.4. The van der Waals surface area contributed by atoms with Crippen molar-refractivity contribution in [2.24, 2.45) is 0 Å². The zero-order valence-corrected chi connectivity index (χ0v) is 30.9. The molecule has 1 aromatic heterocycles. The summed E-state index contributed by atoms with van der Waals surface area (Å²) in [5, 5.41) is 7.17. The molecular weight excluding hydrogens is 552 g/mol. The molecule has 0 atom stereocenters. The van der Waals surface area contributed by atoms with Gasteiger partial charge in [0.15, 0.2) is 0 Å². The Bertz CT molecular complexity index is 1230. The molecule has 4 rings (SSSR count). The number of fused-ring (bicyclic) bond motifs is 5. The number of rotatable bonds is 6. The molecule has 35 heavy (non-hydrogen) atoms. The summed E-state index contributed by atoms with van der Waals surface area (Å²) in [5.41, 5.74) is 3.94. The van der Waals surface area contributed by atoms with Gasteiger partial charge in [0.05, 0.1) is 5.69 Å². The van der Waals surface area contributed by atoms with Crippen LogP contribution in [0.5, 0.6) is 0 Å². The van der Waals surface area contributed by atoms with Crippen LogP contribution in [0.1, 0.15) is 18.4 Å². The van der Waals surface area contributed by atoms with Gasteiger partial charge in [0.1, 0.15) is 5.08 Å². The molecule has 0 fully saturated rings. The van der Waals surface area contributed by atoms with Crippen LogP contribution in [-0.4, -0.2) is 20.5 Å². The van der Waals surface area contributed by atoms with Crippen molar-refractivity contribution in [3.05, 3.63) is 54.1 Å². The molecule has 0 aliphatic carbocycles. The molecule has 2 heterocycles. The van der Waals surface area contributed by atoms with E-state index < -0.39 is 26.7 Å². The molecule has 0 radical (unpaired) electrons. The van der Waals surface area contributed by atoms with Crippen LogP contribution >= 0.6 is 27.0 Å². The van der Waals surface area contributed by atoms with Crippen LogP contribution in [0.25, 0.3) is 22.2 Å². The average Bonchev–Trinajstić information content (AvgIpc) is 2.87. The predicted molar refractivity (Wildman–Crippen MR) is 111 cm³/mol. The maximum atomic E-state index is 11.4. The first-order valence-electron chi connectivity index (χ1n) is 9.63. The van der Waals surface area contributed by atoms with Gasteiger partial charge in [-0.05, 0) is 52.2 Å². The van der Waals surface area contributed by atoms with E-state index in [1.165, 1.54) is 0 Å². The third-order valence-electron chi connectivity index (χ3n) is 5.60. The van der Waals surface area contributed by atoms with Crippen LogP contribution < -0.4 is 138 Å². The fraction of sp³-hybridized carbons (Fsp3) is 0.300. The third kappa shape index (κ3) is 7.66. The molecule has 0 saturated carbocycles. The Hall–Kier alpha value is 2.59. The van der Waals surface area contributed by atoms with Gasteiger partial charge >= 0.3 is 118 Å². The number of thioether (sulfide) groups is 1. The molecule has 0 amide bonds. The minimum absolute atomic E-state index is 0. The number of para-hydroxylation sites is 1. The topological polar surface area (TPSA) is 152 Å². The standard InChI is InChI=1S/C20H23NO7P2S.4Na/c22-20(29(23,24)25,30(26,27)28)11-5-12-21-17-8-3-1-6-14(17)15-10-13-31-18-9-4-2-7-16(18)19(15)21;;;;/h1-4,6-9,22H,5,10-13H2,(H2,23,24,25)(H2,26,27,28);;;;/q;4*+1/p-4. The van der Waals surface area contributed by atoms with E-state index in [-0.39, 0.29) is 131 Å². The summed E-state index contributed by atoms with van der Waals surface area (Å²) in [6.07, 6.45) is -0.377. The quantitative estimate of drug-likeness (QED) is 0.226. The Balaban J connectivity index is 0.00000289. The Morgan fingerprint density at radius 3 is 2.11 bits per heavy atom. The Morgan fingerprint density at radius 2 is 1.49 bits per heavy atom. The number of hydrogen-bond acceptors (Lipinski definition) is 8. The van der Waals surface area contributed by atoms with Crippen molar-refractivity contribution in [2.75, 3.05) is 5.75 Å². The summed E-state index contributed by atoms with van der Waals surface area (Å²) in [7, 11) is -12.2. The van der Waals surface area contributed by atoms with Crippen molar-refractivity contribution in [1.82, 2.24) is 4.57 Å². The number of nitrogens with zero attached hydrogens (tertiary/aromatic N) is 1. The number of aromatic nitrogens is 1. The van der Waals surface area contributed by atoms with Gasteiger partial charge in [-0.15, -0.1) is 11.8 Å². The molecule has 3 aromatic rings. The minimum Gasteiger partial charge on any atom is -0.808 e. The molecule has 0 spiro atoms. The fourth-order valence-electron chi connectivity index (χ4n) is 4.12. The number of aliphatic hydroxyl groups is 1. The first-order chi connectivity index (χ1) is 14.5. The van der Waals surface area contributed by atoms with Crippen LogP contribution in [0.2, 0.25) is 0 Å². The minimum atomic E-state index is -6.09. The largest absolute Gasteiger partial charge is 1.00 e. The van der Waals surface area contributed by atoms with Crippen molar-refractivity contribution in [3.63, 3.8) is 0 Å². The van der Waals surface area contributed by atoms with Gasteiger partial charge in [-0.3, -0.25) is 0 Å². The summed E-state index contributed by atoms with van der Waals surface area (Å²) < 4.78 is 24.7. The average molecular weight is 571 g/mol. The van der Waals surface area contributed by atoms with Gasteiger partial charge in [0.25, 0.3) is 0 Å². The summed E-state index contributed by atoms with van der Waals surface area (Å²) in [6.45, 7) is 0.122. The molecule has 1 aliphatic rings. The zero-order chi connectivity index (χ0) is 22.4. The molecular formula is C20H19NNa4O7P2S. The van der Waals surface area contributed by atoms with E-state index in [0.717, 1.165) is 44.8 Å². The van der Waals surface area contributed by atoms with E-state index in [0.29, 0.717) is 0 Å². The summed E-state index contributed by atoms with van der Waals surface area (Å²) in [4.78, 5) is 46.6. The van der Waals surface area contributed by atoms with Gasteiger partial charge in [0.2, 0.25) is 0 Å². The van der Waals surface area contributed by atoms with Gasteiger partial charge in [-0.2, -0.15) is 0 Å². The van der Waals surface area contributed by atoms with Gasteiger partial charge < -0.3 is 38.4 Å². The Kier molecular flexibility index (Phi) is 16.1. The van der Waals surface area contributed by atoms with Crippen LogP contribution in [0.3, 0.4) is 0 Å². The molecule has 2 aromatic carbocycles. The van der Waals surface area contributed by atoms with Crippen LogP contribution in [0.4, 0.5) is 0 Å². The SMILES string of the molecule is O=P([O-])([O-])C(O)(CCCn1c2c(c3ccccc31)CCSc1ccccc1-2)P(=O)([O-])[O-].[Na+].[Na+].[Na+].[Na+]. The molecule has 166 valence electrons. The predicted octanol–water partition coefficient (Wildman–Crippen LogP) is -10.8. The maximum Gasteiger partial charge on any atom is 1.00 e. The summed E-state index contributed by atoms with van der Waals surface area (Å²) >= 11 is 1.73. The molecule has 1 aliphatic heterocycles. The molecule has 0 bridgehead atoms. The third-order valence-corrected chi connectivity index (χ3v) is 10.3. The van der Waals surface area contributed by atoms with Crippen molar-refractivity contribution < 1.29 is 152 Å². The molecule has 0 unspecified atom stereocenters. The second-order valence-corrected chi connectivity index (χ2v) is 12.4. The van der Waals surface area contributed by atoms with Crippen LogP contribution in [0.15, 0.2) is 53.4 Å². The van der Waals surface area contributed by atoms with Crippen LogP contribution in [0, 0.1) is 0 Å². The normalized spacial score (nSPS) is 13.2. The van der Waals surface area contributed by atoms with Crippen molar-refractivity contribution in [2.45, 2.75) is 35.8 Å². The van der Waals surface area contributed by atoms with E-state index in [9.17, 15) is 33.8 Å². The summed E-state index contributed by atoms with van der Waals surface area (Å²) in [5.74, 6) is 0.878. The van der Waals surface area contributed by atoms with Crippen molar-refractivity contribution >= 4 is 37.9 Å². The smallest absolute Gasteiger partial charge is 0.808 e. The van der Waals surface area contributed by atoms with E-state index in [1.807, 2.05) is 53.1 Å². The number of hydrogen-bond donors (Lipinski definition) is 1. The molecule has 8 nitrogen and oxygen atoms in total. The van der Waals surface area contributed by atoms with E-state index in [2.05, 4.69) is 0 Å². The van der Waals surface area contributed by atoms with E-state index in [4.69, 9.17) is 0 Å². The zero-order valence-electron chi connectivity index (χ0n) is 20.3. The van der Waals surface area contributed by atoms with Crippen molar-refractivity contribution in [1.29, 1.82) is 0 Å². The second-order valence-electron chi connectivity index (χ2n) is 7.46. The molecule has 15 heteroatoms. The number of benzene rings is 2. The summed E-state index contributed by atoms with van der Waals surface area (Å²) in [6, 6.07) is 15.6. The Labute approximate surface area is 296 Å². The van der Waals surface area contributed by atoms with Gasteiger partial charge in [-0.1, -0.05) is 36.4 Å². The monoisotopic (exact) mass is 571 g/mol. The second kappa shape index (κ2) is 15.0. The first kappa shape index (κ1) is 37.6. The van der Waals surface area contributed by atoms with E-state index in [1.54, 1.807) is 11.8 Å². The number of aryl methyl sites for hydroxylation is 2.